The van der Waals surface area contributed by atoms with Crippen molar-refractivity contribution in [2.24, 2.45) is 5.92 Å². The third-order valence-electron chi connectivity index (χ3n) is 4.86. The van der Waals surface area contributed by atoms with Gasteiger partial charge in [0.25, 0.3) is 0 Å². The van der Waals surface area contributed by atoms with Gasteiger partial charge in [-0.05, 0) is 62.4 Å². The highest BCUT2D eigenvalue weighted by Crippen LogP contribution is 2.32. The number of hydrogen-bond donors (Lipinski definition) is 1. The Morgan fingerprint density at radius 2 is 1.85 bits per heavy atom. The van der Waals surface area contributed by atoms with E-state index in [1.807, 2.05) is 0 Å². The first-order valence-corrected chi connectivity index (χ1v) is 8.85. The molecule has 1 aromatic carbocycles. The Labute approximate surface area is 132 Å². The first kappa shape index (κ1) is 16.0. The van der Waals surface area contributed by atoms with Crippen LogP contribution < -0.4 is 5.32 Å². The van der Waals surface area contributed by atoms with E-state index in [2.05, 4.69) is 54.3 Å². The summed E-state index contributed by atoms with van der Waals surface area (Å²) in [6.45, 7) is 4.41. The number of benzene rings is 1. The molecule has 1 nitrogen and oxygen atoms in total. The Balaban J connectivity index is 2.02. The zero-order valence-electron chi connectivity index (χ0n) is 13.1. The molecule has 1 saturated carbocycles. The van der Waals surface area contributed by atoms with Crippen LogP contribution in [0.3, 0.4) is 0 Å². The zero-order chi connectivity index (χ0) is 14.5. The fraction of sp³-hybridized carbons (Fsp3) is 0.667. The van der Waals surface area contributed by atoms with Gasteiger partial charge >= 0.3 is 0 Å². The number of hydrogen-bond acceptors (Lipinski definition) is 1. The second-order valence-electron chi connectivity index (χ2n) is 6.38. The maximum atomic E-state index is 3.63. The standard InChI is InChI=1S/C18H28BrN/c1-13-12-17(19)14(2)11-16(13)18(20-3)10-9-15-7-5-4-6-8-15/h11-12,15,18,20H,4-10H2,1-3H3. The van der Waals surface area contributed by atoms with Gasteiger partial charge in [0.1, 0.15) is 0 Å². The molecule has 1 unspecified atom stereocenters. The Morgan fingerprint density at radius 3 is 2.50 bits per heavy atom. The molecular formula is C18H28BrN. The molecule has 2 heteroatoms. The topological polar surface area (TPSA) is 12.0 Å². The van der Waals surface area contributed by atoms with E-state index >= 15 is 0 Å². The van der Waals surface area contributed by atoms with Gasteiger partial charge in [-0.15, -0.1) is 0 Å². The Kier molecular flexibility index (Phi) is 6.10. The van der Waals surface area contributed by atoms with E-state index in [1.54, 1.807) is 0 Å². The van der Waals surface area contributed by atoms with Crippen LogP contribution in [0.5, 0.6) is 0 Å². The van der Waals surface area contributed by atoms with Crippen LogP contribution in [0, 0.1) is 19.8 Å². The highest BCUT2D eigenvalue weighted by molar-refractivity contribution is 9.10. The van der Waals surface area contributed by atoms with Crippen molar-refractivity contribution in [3.8, 4) is 0 Å². The lowest BCUT2D eigenvalue weighted by Crippen LogP contribution is -2.19. The van der Waals surface area contributed by atoms with Crippen molar-refractivity contribution in [1.29, 1.82) is 0 Å². The predicted octanol–water partition coefficient (Wildman–Crippen LogP) is 5.69. The van der Waals surface area contributed by atoms with Crippen molar-refractivity contribution in [3.05, 3.63) is 33.3 Å². The minimum Gasteiger partial charge on any atom is -0.313 e. The molecule has 1 aliphatic rings. The summed E-state index contributed by atoms with van der Waals surface area (Å²) in [7, 11) is 2.10. The zero-order valence-corrected chi connectivity index (χ0v) is 14.7. The van der Waals surface area contributed by atoms with Crippen LogP contribution in [-0.4, -0.2) is 7.05 Å². The quantitative estimate of drug-likeness (QED) is 0.727. The molecule has 2 rings (SSSR count). The van der Waals surface area contributed by atoms with Crippen LogP contribution in [0.15, 0.2) is 16.6 Å². The third-order valence-corrected chi connectivity index (χ3v) is 5.71. The maximum Gasteiger partial charge on any atom is 0.0320 e. The minimum absolute atomic E-state index is 0.503. The van der Waals surface area contributed by atoms with Crippen molar-refractivity contribution in [2.45, 2.75) is 64.8 Å². The number of halogens is 1. The van der Waals surface area contributed by atoms with E-state index in [-0.39, 0.29) is 0 Å². The van der Waals surface area contributed by atoms with E-state index in [0.29, 0.717) is 6.04 Å². The van der Waals surface area contributed by atoms with Gasteiger partial charge in [-0.2, -0.15) is 0 Å². The predicted molar refractivity (Wildman–Crippen MR) is 91.2 cm³/mol. The summed E-state index contributed by atoms with van der Waals surface area (Å²) < 4.78 is 1.22. The van der Waals surface area contributed by atoms with Crippen LogP contribution in [0.1, 0.15) is 67.7 Å². The monoisotopic (exact) mass is 337 g/mol. The van der Waals surface area contributed by atoms with Crippen molar-refractivity contribution >= 4 is 15.9 Å². The van der Waals surface area contributed by atoms with Gasteiger partial charge in [-0.3, -0.25) is 0 Å². The van der Waals surface area contributed by atoms with Crippen molar-refractivity contribution in [3.63, 3.8) is 0 Å². The summed E-state index contributed by atoms with van der Waals surface area (Å²) in [5.74, 6) is 0.969. The van der Waals surface area contributed by atoms with Crippen molar-refractivity contribution in [1.82, 2.24) is 5.32 Å². The van der Waals surface area contributed by atoms with Gasteiger partial charge in [-0.1, -0.05) is 54.1 Å². The van der Waals surface area contributed by atoms with Crippen molar-refractivity contribution in [2.75, 3.05) is 7.05 Å². The molecule has 0 amide bonds. The van der Waals surface area contributed by atoms with E-state index in [0.717, 1.165) is 5.92 Å². The first-order valence-electron chi connectivity index (χ1n) is 8.05. The summed E-state index contributed by atoms with van der Waals surface area (Å²) in [6.07, 6.45) is 9.90. The van der Waals surface area contributed by atoms with Gasteiger partial charge < -0.3 is 5.32 Å². The Morgan fingerprint density at radius 1 is 1.15 bits per heavy atom. The fourth-order valence-electron chi connectivity index (χ4n) is 3.51. The summed E-state index contributed by atoms with van der Waals surface area (Å²) >= 11 is 3.63. The molecule has 20 heavy (non-hydrogen) atoms. The largest absolute Gasteiger partial charge is 0.313 e. The van der Waals surface area contributed by atoms with Gasteiger partial charge in [0.05, 0.1) is 0 Å². The Hall–Kier alpha value is -0.340. The molecule has 0 aromatic heterocycles. The van der Waals surface area contributed by atoms with Crippen LogP contribution >= 0.6 is 15.9 Å². The summed E-state index contributed by atoms with van der Waals surface area (Å²) in [6, 6.07) is 5.11. The minimum atomic E-state index is 0.503. The van der Waals surface area contributed by atoms with E-state index in [9.17, 15) is 0 Å². The number of nitrogens with one attached hydrogen (secondary N) is 1. The second kappa shape index (κ2) is 7.61. The molecule has 0 saturated heterocycles. The highest BCUT2D eigenvalue weighted by atomic mass is 79.9. The van der Waals surface area contributed by atoms with Crippen LogP contribution in [0.2, 0.25) is 0 Å². The van der Waals surface area contributed by atoms with E-state index in [4.69, 9.17) is 0 Å². The molecule has 112 valence electrons. The average molecular weight is 338 g/mol. The SMILES string of the molecule is CNC(CCC1CCCCC1)c1cc(C)c(Br)cc1C. The molecule has 1 N–H and O–H groups in total. The highest BCUT2D eigenvalue weighted by Gasteiger charge is 2.18. The van der Waals surface area contributed by atoms with Gasteiger partial charge in [-0.25, -0.2) is 0 Å². The first-order chi connectivity index (χ1) is 9.61. The lowest BCUT2D eigenvalue weighted by atomic mass is 9.84. The normalized spacial score (nSPS) is 18.2. The molecule has 0 spiro atoms. The number of aryl methyl sites for hydroxylation is 2. The third kappa shape index (κ3) is 4.08. The molecule has 1 aliphatic carbocycles. The molecule has 1 aromatic rings. The van der Waals surface area contributed by atoms with Crippen LogP contribution in [0.4, 0.5) is 0 Å². The summed E-state index contributed by atoms with van der Waals surface area (Å²) in [4.78, 5) is 0. The van der Waals surface area contributed by atoms with Gasteiger partial charge in [0, 0.05) is 10.5 Å². The average Bonchev–Trinajstić information content (AvgIpc) is 2.46. The molecule has 1 fully saturated rings. The molecule has 0 bridgehead atoms. The van der Waals surface area contributed by atoms with Crippen LogP contribution in [-0.2, 0) is 0 Å². The summed E-state index contributed by atoms with van der Waals surface area (Å²) in [5.41, 5.74) is 4.21. The molecule has 0 aliphatic heterocycles. The smallest absolute Gasteiger partial charge is 0.0320 e. The lowest BCUT2D eigenvalue weighted by molar-refractivity contribution is 0.317. The Bertz CT molecular complexity index is 435. The molecular weight excluding hydrogens is 310 g/mol. The maximum absolute atomic E-state index is 3.63. The van der Waals surface area contributed by atoms with Crippen molar-refractivity contribution < 1.29 is 0 Å². The number of rotatable bonds is 5. The molecule has 0 radical (unpaired) electrons. The fourth-order valence-corrected chi connectivity index (χ4v) is 3.97. The van der Waals surface area contributed by atoms with Gasteiger partial charge in [0.15, 0.2) is 0 Å². The van der Waals surface area contributed by atoms with Gasteiger partial charge in [0.2, 0.25) is 0 Å². The van der Waals surface area contributed by atoms with Crippen LogP contribution in [0.25, 0.3) is 0 Å². The lowest BCUT2D eigenvalue weighted by Gasteiger charge is -2.25. The second-order valence-corrected chi connectivity index (χ2v) is 7.23. The molecule has 1 atom stereocenters. The van der Waals surface area contributed by atoms with E-state index in [1.165, 1.54) is 66.1 Å². The van der Waals surface area contributed by atoms with E-state index < -0.39 is 0 Å². The summed E-state index contributed by atoms with van der Waals surface area (Å²) in [5, 5.41) is 3.53. The molecule has 0 heterocycles.